The summed E-state index contributed by atoms with van der Waals surface area (Å²) in [5.74, 6) is 0.132. The fraction of sp³-hybridized carbons (Fsp3) is 0.500. The predicted octanol–water partition coefficient (Wildman–Crippen LogP) is 1.45. The first-order chi connectivity index (χ1) is 8.75. The molecule has 1 fully saturated rings. The number of nitrogens with zero attached hydrogens (tertiary/aromatic N) is 1. The van der Waals surface area contributed by atoms with E-state index < -0.39 is 0 Å². The number of carbonyl (C=O) groups is 1. The van der Waals surface area contributed by atoms with Gasteiger partial charge in [0.2, 0.25) is 5.91 Å². The van der Waals surface area contributed by atoms with E-state index >= 15 is 0 Å². The van der Waals surface area contributed by atoms with E-state index in [-0.39, 0.29) is 24.4 Å². The summed E-state index contributed by atoms with van der Waals surface area (Å²) in [6.07, 6.45) is 0.473. The van der Waals surface area contributed by atoms with Gasteiger partial charge in [0.1, 0.15) is 0 Å². The van der Waals surface area contributed by atoms with Gasteiger partial charge in [0.25, 0.3) is 0 Å². The molecule has 0 aromatic heterocycles. The summed E-state index contributed by atoms with van der Waals surface area (Å²) in [6.45, 7) is 3.00. The molecular weight excluding hydrogens is 264 g/mol. The van der Waals surface area contributed by atoms with Crippen molar-refractivity contribution in [3.8, 4) is 0 Å². The molecule has 1 amide bonds. The number of carbonyl (C=O) groups excluding carboxylic acids is 1. The molecule has 4 nitrogen and oxygen atoms in total. The third-order valence-corrected chi connectivity index (χ3v) is 3.10. The molecule has 0 spiro atoms. The van der Waals surface area contributed by atoms with E-state index in [2.05, 4.69) is 5.32 Å². The topological polar surface area (TPSA) is 41.6 Å². The zero-order chi connectivity index (χ0) is 12.8. The fourth-order valence-corrected chi connectivity index (χ4v) is 2.05. The monoisotopic (exact) mass is 284 g/mol. The molecule has 0 bridgehead atoms. The van der Waals surface area contributed by atoms with Crippen LogP contribution in [-0.2, 0) is 16.1 Å². The van der Waals surface area contributed by atoms with Gasteiger partial charge in [0, 0.05) is 26.7 Å². The van der Waals surface area contributed by atoms with Crippen LogP contribution in [0, 0.1) is 0 Å². The standard InChI is InChI=1S/C14H20N2O2.ClH/c1-16(11-12-5-3-2-4-6-12)14(17)9-13-10-15-7-8-18-13;/h2-6,13,15H,7-11H2,1H3;1H. The molecule has 106 valence electrons. The number of morpholine rings is 1. The van der Waals surface area contributed by atoms with Gasteiger partial charge in [-0.05, 0) is 5.56 Å². The van der Waals surface area contributed by atoms with Crippen molar-refractivity contribution in [2.75, 3.05) is 26.7 Å². The smallest absolute Gasteiger partial charge is 0.225 e. The first-order valence-electron chi connectivity index (χ1n) is 6.36. The number of halogens is 1. The van der Waals surface area contributed by atoms with Crippen LogP contribution in [0.1, 0.15) is 12.0 Å². The maximum atomic E-state index is 12.0. The zero-order valence-corrected chi connectivity index (χ0v) is 12.0. The highest BCUT2D eigenvalue weighted by Crippen LogP contribution is 2.07. The molecule has 1 aliphatic heterocycles. The molecule has 1 aliphatic rings. The Kier molecular flexibility index (Phi) is 6.84. The van der Waals surface area contributed by atoms with E-state index in [4.69, 9.17) is 4.74 Å². The van der Waals surface area contributed by atoms with Gasteiger partial charge < -0.3 is 15.0 Å². The predicted molar refractivity (Wildman–Crippen MR) is 77.4 cm³/mol. The van der Waals surface area contributed by atoms with Crippen LogP contribution in [0.15, 0.2) is 30.3 Å². The summed E-state index contributed by atoms with van der Waals surface area (Å²) >= 11 is 0. The molecule has 0 radical (unpaired) electrons. The molecular formula is C14H21ClN2O2. The van der Waals surface area contributed by atoms with Crippen molar-refractivity contribution in [1.29, 1.82) is 0 Å². The summed E-state index contributed by atoms with van der Waals surface area (Å²) < 4.78 is 5.54. The SMILES string of the molecule is CN(Cc1ccccc1)C(=O)CC1CNCCO1.Cl. The largest absolute Gasteiger partial charge is 0.375 e. The maximum absolute atomic E-state index is 12.0. The summed E-state index contributed by atoms with van der Waals surface area (Å²) in [6, 6.07) is 10.0. The minimum atomic E-state index is 0. The number of benzene rings is 1. The molecule has 1 atom stereocenters. The van der Waals surface area contributed by atoms with Crippen LogP contribution < -0.4 is 5.32 Å². The minimum Gasteiger partial charge on any atom is -0.375 e. The Morgan fingerprint density at radius 1 is 1.42 bits per heavy atom. The van der Waals surface area contributed by atoms with Gasteiger partial charge in [0.05, 0.1) is 19.1 Å². The number of nitrogens with one attached hydrogen (secondary N) is 1. The van der Waals surface area contributed by atoms with Gasteiger partial charge in [-0.3, -0.25) is 4.79 Å². The lowest BCUT2D eigenvalue weighted by atomic mass is 10.2. The van der Waals surface area contributed by atoms with Crippen LogP contribution in [0.4, 0.5) is 0 Å². The van der Waals surface area contributed by atoms with Crippen LogP contribution in [0.5, 0.6) is 0 Å². The summed E-state index contributed by atoms with van der Waals surface area (Å²) in [5.41, 5.74) is 1.15. The van der Waals surface area contributed by atoms with E-state index in [1.54, 1.807) is 4.90 Å². The highest BCUT2D eigenvalue weighted by molar-refractivity contribution is 5.85. The van der Waals surface area contributed by atoms with Crippen molar-refractivity contribution in [3.05, 3.63) is 35.9 Å². The zero-order valence-electron chi connectivity index (χ0n) is 11.2. The van der Waals surface area contributed by atoms with Crippen molar-refractivity contribution in [3.63, 3.8) is 0 Å². The van der Waals surface area contributed by atoms with Crippen LogP contribution in [0.25, 0.3) is 0 Å². The van der Waals surface area contributed by atoms with Crippen molar-refractivity contribution in [1.82, 2.24) is 10.2 Å². The van der Waals surface area contributed by atoms with E-state index in [1.165, 1.54) is 0 Å². The van der Waals surface area contributed by atoms with Crippen LogP contribution >= 0.6 is 12.4 Å². The molecule has 1 aromatic rings. The van der Waals surface area contributed by atoms with E-state index in [0.29, 0.717) is 19.6 Å². The summed E-state index contributed by atoms with van der Waals surface area (Å²) in [4.78, 5) is 13.8. The Labute approximate surface area is 120 Å². The van der Waals surface area contributed by atoms with E-state index in [1.807, 2.05) is 37.4 Å². The number of hydrogen-bond donors (Lipinski definition) is 1. The van der Waals surface area contributed by atoms with Crippen LogP contribution in [0.3, 0.4) is 0 Å². The second-order valence-corrected chi connectivity index (χ2v) is 4.64. The Hall–Kier alpha value is -1.10. The first-order valence-corrected chi connectivity index (χ1v) is 6.36. The number of hydrogen-bond acceptors (Lipinski definition) is 3. The van der Waals surface area contributed by atoms with Crippen molar-refractivity contribution >= 4 is 18.3 Å². The van der Waals surface area contributed by atoms with E-state index in [0.717, 1.165) is 18.7 Å². The lowest BCUT2D eigenvalue weighted by Crippen LogP contribution is -2.41. The second-order valence-electron chi connectivity index (χ2n) is 4.64. The first kappa shape index (κ1) is 16.0. The molecule has 1 aromatic carbocycles. The molecule has 1 unspecified atom stereocenters. The molecule has 19 heavy (non-hydrogen) atoms. The highest BCUT2D eigenvalue weighted by Gasteiger charge is 2.19. The number of ether oxygens (including phenoxy) is 1. The van der Waals surface area contributed by atoms with Crippen LogP contribution in [0.2, 0.25) is 0 Å². The van der Waals surface area contributed by atoms with Gasteiger partial charge in [-0.25, -0.2) is 0 Å². The Balaban J connectivity index is 0.00000180. The minimum absolute atomic E-state index is 0. The second kappa shape index (κ2) is 8.15. The Morgan fingerprint density at radius 2 is 2.16 bits per heavy atom. The summed E-state index contributed by atoms with van der Waals surface area (Å²) in [5, 5.41) is 3.23. The van der Waals surface area contributed by atoms with Gasteiger partial charge in [-0.2, -0.15) is 0 Å². The molecule has 0 aliphatic carbocycles. The Bertz CT molecular complexity index is 380. The highest BCUT2D eigenvalue weighted by atomic mass is 35.5. The van der Waals surface area contributed by atoms with Gasteiger partial charge >= 0.3 is 0 Å². The normalized spacial score (nSPS) is 18.5. The fourth-order valence-electron chi connectivity index (χ4n) is 2.05. The molecule has 0 saturated carbocycles. The third-order valence-electron chi connectivity index (χ3n) is 3.10. The molecule has 1 N–H and O–H groups in total. The van der Waals surface area contributed by atoms with Crippen molar-refractivity contribution < 1.29 is 9.53 Å². The summed E-state index contributed by atoms with van der Waals surface area (Å²) in [7, 11) is 1.84. The lowest BCUT2D eigenvalue weighted by molar-refractivity contribution is -0.133. The quantitative estimate of drug-likeness (QED) is 0.910. The number of rotatable bonds is 4. The van der Waals surface area contributed by atoms with Crippen molar-refractivity contribution in [2.45, 2.75) is 19.1 Å². The average molecular weight is 285 g/mol. The third kappa shape index (κ3) is 5.19. The van der Waals surface area contributed by atoms with Gasteiger partial charge in [-0.1, -0.05) is 30.3 Å². The lowest BCUT2D eigenvalue weighted by Gasteiger charge is -2.25. The van der Waals surface area contributed by atoms with Gasteiger partial charge in [0.15, 0.2) is 0 Å². The van der Waals surface area contributed by atoms with Crippen molar-refractivity contribution in [2.24, 2.45) is 0 Å². The maximum Gasteiger partial charge on any atom is 0.225 e. The average Bonchev–Trinajstić information content (AvgIpc) is 2.41. The van der Waals surface area contributed by atoms with Crippen LogP contribution in [-0.4, -0.2) is 43.7 Å². The molecule has 2 rings (SSSR count). The van der Waals surface area contributed by atoms with Gasteiger partial charge in [-0.15, -0.1) is 12.4 Å². The Morgan fingerprint density at radius 3 is 2.79 bits per heavy atom. The number of amides is 1. The molecule has 5 heteroatoms. The molecule has 1 saturated heterocycles. The molecule has 1 heterocycles. The van der Waals surface area contributed by atoms with E-state index in [9.17, 15) is 4.79 Å².